The fourth-order valence-electron chi connectivity index (χ4n) is 3.63. The van der Waals surface area contributed by atoms with E-state index in [0.717, 1.165) is 10.1 Å². The summed E-state index contributed by atoms with van der Waals surface area (Å²) in [6.07, 6.45) is -2.98. The third kappa shape index (κ3) is 5.13. The lowest BCUT2D eigenvalue weighted by molar-refractivity contribution is -0.153. The number of nitrogens with zero attached hydrogens (tertiary/aromatic N) is 2. The molecule has 0 amide bonds. The van der Waals surface area contributed by atoms with Crippen LogP contribution in [0.5, 0.6) is 17.2 Å². The zero-order chi connectivity index (χ0) is 26.0. The minimum absolute atomic E-state index is 0.0170. The minimum Gasteiger partial charge on any atom is -0.497 e. The van der Waals surface area contributed by atoms with Crippen molar-refractivity contribution in [3.05, 3.63) is 85.8 Å². The number of aromatic nitrogens is 3. The monoisotopic (exact) mass is 519 g/mol. The molecule has 0 atom stereocenters. The van der Waals surface area contributed by atoms with Crippen LogP contribution >= 0.6 is 12.2 Å². The molecule has 2 heterocycles. The van der Waals surface area contributed by atoms with Gasteiger partial charge in [-0.2, -0.15) is 13.2 Å². The van der Waals surface area contributed by atoms with E-state index in [9.17, 15) is 22.8 Å². The Hall–Kier alpha value is -4.06. The van der Waals surface area contributed by atoms with Gasteiger partial charge in [0.1, 0.15) is 22.8 Å². The molecule has 12 heteroatoms. The normalized spacial score (nSPS) is 11.5. The Morgan fingerprint density at radius 2 is 1.64 bits per heavy atom. The molecule has 0 radical (unpaired) electrons. The summed E-state index contributed by atoms with van der Waals surface area (Å²) in [4.78, 5) is 29.2. The van der Waals surface area contributed by atoms with Gasteiger partial charge in [-0.25, -0.2) is 0 Å². The number of alkyl halides is 3. The molecule has 0 saturated carbocycles. The van der Waals surface area contributed by atoms with Crippen molar-refractivity contribution in [2.75, 3.05) is 20.8 Å². The summed E-state index contributed by atoms with van der Waals surface area (Å²) in [6.45, 7) is -1.26. The van der Waals surface area contributed by atoms with E-state index < -0.39 is 23.9 Å². The van der Waals surface area contributed by atoms with Gasteiger partial charge in [-0.3, -0.25) is 14.2 Å². The molecule has 188 valence electrons. The van der Waals surface area contributed by atoms with E-state index in [0.29, 0.717) is 17.2 Å². The predicted molar refractivity (Wildman–Crippen MR) is 129 cm³/mol. The molecule has 0 aliphatic rings. The molecule has 4 rings (SSSR count). The van der Waals surface area contributed by atoms with Crippen molar-refractivity contribution in [1.29, 1.82) is 0 Å². The second-order valence-electron chi connectivity index (χ2n) is 7.68. The second-order valence-corrected chi connectivity index (χ2v) is 8.07. The molecule has 0 unspecified atom stereocenters. The van der Waals surface area contributed by atoms with E-state index in [4.69, 9.17) is 26.4 Å². The summed E-state index contributed by atoms with van der Waals surface area (Å²) in [5, 5.41) is 0.101. The van der Waals surface area contributed by atoms with E-state index in [2.05, 4.69) is 4.98 Å². The first kappa shape index (κ1) is 25.0. The van der Waals surface area contributed by atoms with Crippen molar-refractivity contribution >= 4 is 23.1 Å². The molecule has 0 bridgehead atoms. The van der Waals surface area contributed by atoms with E-state index in [1.807, 2.05) is 0 Å². The molecule has 0 aliphatic carbocycles. The van der Waals surface area contributed by atoms with Crippen LogP contribution in [0.15, 0.2) is 64.3 Å². The minimum atomic E-state index is -4.47. The second kappa shape index (κ2) is 9.90. The molecule has 1 N–H and O–H groups in total. The number of nitrogens with one attached hydrogen (secondary N) is 1. The zero-order valence-electron chi connectivity index (χ0n) is 19.1. The number of pyridine rings is 1. The van der Waals surface area contributed by atoms with Crippen LogP contribution in [-0.4, -0.2) is 41.1 Å². The first-order valence-corrected chi connectivity index (χ1v) is 10.9. The highest BCUT2D eigenvalue weighted by Gasteiger charge is 2.28. The van der Waals surface area contributed by atoms with Crippen LogP contribution in [0.1, 0.15) is 5.56 Å². The third-order valence-electron chi connectivity index (χ3n) is 5.37. The highest BCUT2D eigenvalue weighted by atomic mass is 32.1. The van der Waals surface area contributed by atoms with Crippen molar-refractivity contribution in [2.45, 2.75) is 12.7 Å². The molecular formula is C24H20F3N3O5S. The first-order chi connectivity index (χ1) is 17.1. The molecule has 4 aromatic rings. The average Bonchev–Trinajstić information content (AvgIpc) is 2.85. The average molecular weight is 520 g/mol. The number of H-pyrrole nitrogens is 1. The molecule has 36 heavy (non-hydrogen) atoms. The number of methoxy groups -OCH3 is 2. The number of hydrogen-bond donors (Lipinski definition) is 1. The standard InChI is InChI=1S/C24H20F3N3O5S/c1-33-17-6-3-14(19(11-17)34-2)12-29-10-9-18-20(22(29)32)28-23(36)30(21(18)31)15-4-7-16(8-5-15)35-13-24(25,26)27/h3-11H,12-13H2,1-2H3,(H,28,36). The lowest BCUT2D eigenvalue weighted by Crippen LogP contribution is -2.27. The highest BCUT2D eigenvalue weighted by molar-refractivity contribution is 7.71. The van der Waals surface area contributed by atoms with Gasteiger partial charge in [0.15, 0.2) is 11.4 Å². The van der Waals surface area contributed by atoms with Gasteiger partial charge in [-0.05, 0) is 54.7 Å². The summed E-state index contributed by atoms with van der Waals surface area (Å²) in [5.74, 6) is 1.12. The zero-order valence-corrected chi connectivity index (χ0v) is 19.9. The van der Waals surface area contributed by atoms with E-state index in [-0.39, 0.29) is 28.0 Å². The summed E-state index contributed by atoms with van der Waals surface area (Å²) in [6, 6.07) is 12.1. The summed E-state index contributed by atoms with van der Waals surface area (Å²) in [5.41, 5.74) is 0.0381. The quantitative estimate of drug-likeness (QED) is 0.368. The Labute approximate surface area is 207 Å². The Bertz CT molecular complexity index is 1590. The van der Waals surface area contributed by atoms with Gasteiger partial charge in [-0.15, -0.1) is 0 Å². The van der Waals surface area contributed by atoms with Crippen molar-refractivity contribution in [1.82, 2.24) is 14.1 Å². The molecule has 0 spiro atoms. The maximum absolute atomic E-state index is 13.2. The fraction of sp³-hybridized carbons (Fsp3) is 0.208. The highest BCUT2D eigenvalue weighted by Crippen LogP contribution is 2.25. The van der Waals surface area contributed by atoms with Crippen LogP contribution in [0.25, 0.3) is 16.6 Å². The van der Waals surface area contributed by atoms with Crippen molar-refractivity contribution in [3.8, 4) is 22.9 Å². The van der Waals surface area contributed by atoms with Gasteiger partial charge < -0.3 is 23.8 Å². The molecule has 0 aliphatic heterocycles. The van der Waals surface area contributed by atoms with Crippen LogP contribution in [0.2, 0.25) is 0 Å². The molecular weight excluding hydrogens is 499 g/mol. The Morgan fingerprint density at radius 3 is 2.28 bits per heavy atom. The predicted octanol–water partition coefficient (Wildman–Crippen LogP) is 4.22. The lowest BCUT2D eigenvalue weighted by atomic mass is 10.2. The van der Waals surface area contributed by atoms with Crippen LogP contribution in [-0.2, 0) is 6.54 Å². The Balaban J connectivity index is 1.70. The van der Waals surface area contributed by atoms with Gasteiger partial charge in [0.25, 0.3) is 11.1 Å². The maximum Gasteiger partial charge on any atom is 0.422 e. The Kier molecular flexibility index (Phi) is 6.88. The molecule has 2 aromatic carbocycles. The lowest BCUT2D eigenvalue weighted by Gasteiger charge is -2.13. The van der Waals surface area contributed by atoms with Crippen molar-refractivity contribution < 1.29 is 27.4 Å². The molecule has 8 nitrogen and oxygen atoms in total. The van der Waals surface area contributed by atoms with E-state index >= 15 is 0 Å². The van der Waals surface area contributed by atoms with Gasteiger partial charge in [-0.1, -0.05) is 0 Å². The van der Waals surface area contributed by atoms with Gasteiger partial charge in [0, 0.05) is 17.8 Å². The van der Waals surface area contributed by atoms with Gasteiger partial charge in [0.2, 0.25) is 0 Å². The Morgan fingerprint density at radius 1 is 0.944 bits per heavy atom. The number of benzene rings is 2. The SMILES string of the molecule is COc1ccc(Cn2ccc3c(=O)n(-c4ccc(OCC(F)(F)F)cc4)c(=S)[nH]c3c2=O)c(OC)c1. The van der Waals surface area contributed by atoms with Crippen LogP contribution in [0, 0.1) is 4.77 Å². The number of hydrogen-bond acceptors (Lipinski definition) is 6. The number of ether oxygens (including phenoxy) is 3. The van der Waals surface area contributed by atoms with Gasteiger partial charge in [0.05, 0.1) is 31.8 Å². The third-order valence-corrected chi connectivity index (χ3v) is 5.65. The largest absolute Gasteiger partial charge is 0.497 e. The molecule has 0 saturated heterocycles. The van der Waals surface area contributed by atoms with Gasteiger partial charge >= 0.3 is 6.18 Å². The maximum atomic E-state index is 13.2. The first-order valence-electron chi connectivity index (χ1n) is 10.5. The van der Waals surface area contributed by atoms with Crippen LogP contribution in [0.4, 0.5) is 13.2 Å². The number of aromatic amines is 1. The van der Waals surface area contributed by atoms with Crippen molar-refractivity contribution in [3.63, 3.8) is 0 Å². The fourth-order valence-corrected chi connectivity index (χ4v) is 3.92. The van der Waals surface area contributed by atoms with Crippen molar-refractivity contribution in [2.24, 2.45) is 0 Å². The molecule has 2 aromatic heterocycles. The topological polar surface area (TPSA) is 87.5 Å². The summed E-state index contributed by atoms with van der Waals surface area (Å²) >= 11 is 5.33. The number of fused-ring (bicyclic) bond motifs is 1. The number of halogens is 3. The number of rotatable bonds is 7. The smallest absolute Gasteiger partial charge is 0.422 e. The van der Waals surface area contributed by atoms with Crippen LogP contribution in [0.3, 0.4) is 0 Å². The summed E-state index contributed by atoms with van der Waals surface area (Å²) < 4.78 is 54.9. The van der Waals surface area contributed by atoms with Crippen LogP contribution < -0.4 is 25.3 Å². The van der Waals surface area contributed by atoms with E-state index in [1.165, 1.54) is 55.3 Å². The summed E-state index contributed by atoms with van der Waals surface area (Å²) in [7, 11) is 3.05. The molecule has 0 fully saturated rings. The van der Waals surface area contributed by atoms with E-state index in [1.54, 1.807) is 18.2 Å².